The van der Waals surface area contributed by atoms with E-state index in [0.717, 1.165) is 43.5 Å². The average molecular weight is 382 g/mol. The van der Waals surface area contributed by atoms with Crippen LogP contribution in [-0.4, -0.2) is 33.5 Å². The summed E-state index contributed by atoms with van der Waals surface area (Å²) in [4.78, 5) is 29.9. The molecule has 1 fully saturated rings. The summed E-state index contributed by atoms with van der Waals surface area (Å²) in [7, 11) is 0. The van der Waals surface area contributed by atoms with Gasteiger partial charge in [-0.25, -0.2) is 4.98 Å². The molecule has 0 bridgehead atoms. The minimum atomic E-state index is -0.300. The Labute approximate surface area is 164 Å². The summed E-state index contributed by atoms with van der Waals surface area (Å²) < 4.78 is 7.53. The van der Waals surface area contributed by atoms with Crippen LogP contribution in [0.1, 0.15) is 66.3 Å². The van der Waals surface area contributed by atoms with Gasteiger partial charge in [0.1, 0.15) is 11.4 Å². The summed E-state index contributed by atoms with van der Waals surface area (Å²) in [6.07, 6.45) is 4.89. The fourth-order valence-electron chi connectivity index (χ4n) is 3.46. The SMILES string of the molecule is CC(C)Oc1ccc(NC(=O)c2nc(C(=O)NC3CC3)c3n2CCCC3)cc1. The molecule has 2 amide bonds. The highest BCUT2D eigenvalue weighted by atomic mass is 16.5. The molecule has 2 aromatic rings. The minimum Gasteiger partial charge on any atom is -0.491 e. The smallest absolute Gasteiger partial charge is 0.291 e. The Morgan fingerprint density at radius 3 is 2.57 bits per heavy atom. The lowest BCUT2D eigenvalue weighted by Gasteiger charge is -2.17. The molecular weight excluding hydrogens is 356 g/mol. The predicted molar refractivity (Wildman–Crippen MR) is 106 cm³/mol. The summed E-state index contributed by atoms with van der Waals surface area (Å²) in [5.74, 6) is 0.594. The van der Waals surface area contributed by atoms with Gasteiger partial charge in [0, 0.05) is 18.3 Å². The van der Waals surface area contributed by atoms with Crippen LogP contribution >= 0.6 is 0 Å². The highest BCUT2D eigenvalue weighted by molar-refractivity contribution is 6.03. The minimum absolute atomic E-state index is 0.0945. The number of rotatable bonds is 6. The summed E-state index contributed by atoms with van der Waals surface area (Å²) in [5, 5.41) is 5.87. The lowest BCUT2D eigenvalue weighted by atomic mass is 10.1. The first-order valence-corrected chi connectivity index (χ1v) is 9.99. The molecule has 2 heterocycles. The third kappa shape index (κ3) is 4.03. The average Bonchev–Trinajstić information content (AvgIpc) is 3.39. The van der Waals surface area contributed by atoms with Crippen molar-refractivity contribution in [3.63, 3.8) is 0 Å². The fraction of sp³-hybridized carbons (Fsp3) is 0.476. The van der Waals surface area contributed by atoms with Crippen LogP contribution in [0, 0.1) is 0 Å². The molecule has 2 N–H and O–H groups in total. The largest absolute Gasteiger partial charge is 0.491 e. The van der Waals surface area contributed by atoms with Gasteiger partial charge in [-0.1, -0.05) is 0 Å². The molecule has 4 rings (SSSR count). The van der Waals surface area contributed by atoms with E-state index in [1.54, 1.807) is 12.1 Å². The van der Waals surface area contributed by atoms with Crippen LogP contribution in [0.3, 0.4) is 0 Å². The second kappa shape index (κ2) is 7.66. The van der Waals surface area contributed by atoms with Gasteiger partial charge < -0.3 is 19.9 Å². The van der Waals surface area contributed by atoms with Gasteiger partial charge in [0.15, 0.2) is 5.82 Å². The molecule has 0 spiro atoms. The van der Waals surface area contributed by atoms with Crippen molar-refractivity contribution in [2.45, 2.75) is 64.6 Å². The first-order chi connectivity index (χ1) is 13.5. The second-order valence-corrected chi connectivity index (χ2v) is 7.73. The Morgan fingerprint density at radius 2 is 1.89 bits per heavy atom. The number of aromatic nitrogens is 2. The first-order valence-electron chi connectivity index (χ1n) is 9.99. The molecule has 7 heteroatoms. The van der Waals surface area contributed by atoms with E-state index in [4.69, 9.17) is 4.74 Å². The number of amides is 2. The van der Waals surface area contributed by atoms with Gasteiger partial charge in [-0.05, 0) is 70.2 Å². The Bertz CT molecular complexity index is 882. The number of carbonyl (C=O) groups is 2. The van der Waals surface area contributed by atoms with Crippen molar-refractivity contribution in [1.82, 2.24) is 14.9 Å². The molecule has 0 unspecified atom stereocenters. The maximum Gasteiger partial charge on any atom is 0.291 e. The third-order valence-corrected chi connectivity index (χ3v) is 4.93. The molecule has 1 saturated carbocycles. The van der Waals surface area contributed by atoms with Crippen molar-refractivity contribution < 1.29 is 14.3 Å². The van der Waals surface area contributed by atoms with Crippen molar-refractivity contribution in [1.29, 1.82) is 0 Å². The molecule has 7 nitrogen and oxygen atoms in total. The number of nitrogens with one attached hydrogen (secondary N) is 2. The number of nitrogens with zero attached hydrogens (tertiary/aromatic N) is 2. The molecule has 2 aliphatic rings. The van der Waals surface area contributed by atoms with Crippen LogP contribution in [0.4, 0.5) is 5.69 Å². The van der Waals surface area contributed by atoms with Crippen LogP contribution in [-0.2, 0) is 13.0 Å². The number of fused-ring (bicyclic) bond motifs is 1. The molecule has 28 heavy (non-hydrogen) atoms. The normalized spacial score (nSPS) is 15.8. The van der Waals surface area contributed by atoms with Gasteiger partial charge in [-0.3, -0.25) is 9.59 Å². The zero-order valence-electron chi connectivity index (χ0n) is 16.3. The number of hydrogen-bond donors (Lipinski definition) is 2. The topological polar surface area (TPSA) is 85.2 Å². The van der Waals surface area contributed by atoms with Gasteiger partial charge in [-0.15, -0.1) is 0 Å². The van der Waals surface area contributed by atoms with Crippen LogP contribution in [0.15, 0.2) is 24.3 Å². The molecular formula is C21H26N4O3. The molecule has 0 saturated heterocycles. The quantitative estimate of drug-likeness (QED) is 0.804. The number of carbonyl (C=O) groups excluding carboxylic acids is 2. The van der Waals surface area contributed by atoms with Crippen molar-refractivity contribution in [2.75, 3.05) is 5.32 Å². The standard InChI is InChI=1S/C21H26N4O3/c1-13(2)28-16-10-8-15(9-11-16)23-21(27)19-24-18(20(26)22-14-6-7-14)17-5-3-4-12-25(17)19/h8-11,13-14H,3-7,12H2,1-2H3,(H,22,26)(H,23,27). The molecule has 1 aliphatic carbocycles. The van der Waals surface area contributed by atoms with Gasteiger partial charge in [-0.2, -0.15) is 0 Å². The maximum atomic E-state index is 12.9. The Balaban J connectivity index is 1.53. The van der Waals surface area contributed by atoms with E-state index in [9.17, 15) is 9.59 Å². The molecule has 0 radical (unpaired) electrons. The Hall–Kier alpha value is -2.83. The predicted octanol–water partition coefficient (Wildman–Crippen LogP) is 3.15. The van der Waals surface area contributed by atoms with Crippen LogP contribution in [0.2, 0.25) is 0 Å². The van der Waals surface area contributed by atoms with Gasteiger partial charge in [0.2, 0.25) is 0 Å². The number of hydrogen-bond acceptors (Lipinski definition) is 4. The summed E-state index contributed by atoms with van der Waals surface area (Å²) in [6.45, 7) is 4.64. The highest BCUT2D eigenvalue weighted by Gasteiger charge is 2.30. The number of ether oxygens (including phenoxy) is 1. The molecule has 1 aliphatic heterocycles. The summed E-state index contributed by atoms with van der Waals surface area (Å²) in [6, 6.07) is 7.51. The van der Waals surface area contributed by atoms with Crippen LogP contribution in [0.5, 0.6) is 5.75 Å². The summed E-state index contributed by atoms with van der Waals surface area (Å²) >= 11 is 0. The van der Waals surface area contributed by atoms with Crippen LogP contribution < -0.4 is 15.4 Å². The van der Waals surface area contributed by atoms with Gasteiger partial charge >= 0.3 is 0 Å². The lowest BCUT2D eigenvalue weighted by Crippen LogP contribution is -2.27. The van der Waals surface area contributed by atoms with E-state index in [1.165, 1.54) is 0 Å². The highest BCUT2D eigenvalue weighted by Crippen LogP contribution is 2.24. The molecule has 0 atom stereocenters. The van der Waals surface area contributed by atoms with E-state index >= 15 is 0 Å². The van der Waals surface area contributed by atoms with Crippen LogP contribution in [0.25, 0.3) is 0 Å². The number of benzene rings is 1. The zero-order chi connectivity index (χ0) is 19.7. The Kier molecular flexibility index (Phi) is 5.07. The fourth-order valence-corrected chi connectivity index (χ4v) is 3.46. The van der Waals surface area contributed by atoms with Crippen molar-refractivity contribution >= 4 is 17.5 Å². The number of anilines is 1. The Morgan fingerprint density at radius 1 is 1.14 bits per heavy atom. The third-order valence-electron chi connectivity index (χ3n) is 4.93. The summed E-state index contributed by atoms with van der Waals surface area (Å²) in [5.41, 5.74) is 1.94. The van der Waals surface area contributed by atoms with E-state index in [2.05, 4.69) is 15.6 Å². The van der Waals surface area contributed by atoms with Crippen molar-refractivity contribution in [3.8, 4) is 5.75 Å². The number of imidazole rings is 1. The van der Waals surface area contributed by atoms with E-state index in [-0.39, 0.29) is 24.0 Å². The molecule has 1 aromatic carbocycles. The van der Waals surface area contributed by atoms with E-state index in [0.29, 0.717) is 23.8 Å². The van der Waals surface area contributed by atoms with E-state index in [1.807, 2.05) is 30.5 Å². The van der Waals surface area contributed by atoms with Crippen molar-refractivity contribution in [2.24, 2.45) is 0 Å². The van der Waals surface area contributed by atoms with Gasteiger partial charge in [0.25, 0.3) is 11.8 Å². The monoisotopic (exact) mass is 382 g/mol. The zero-order valence-corrected chi connectivity index (χ0v) is 16.3. The molecule has 1 aromatic heterocycles. The first kappa shape index (κ1) is 18.5. The molecule has 148 valence electrons. The lowest BCUT2D eigenvalue weighted by molar-refractivity contribution is 0.0945. The second-order valence-electron chi connectivity index (χ2n) is 7.73. The van der Waals surface area contributed by atoms with Crippen molar-refractivity contribution in [3.05, 3.63) is 41.5 Å². The maximum absolute atomic E-state index is 12.9. The van der Waals surface area contributed by atoms with E-state index < -0.39 is 0 Å². The van der Waals surface area contributed by atoms with Gasteiger partial charge in [0.05, 0.1) is 11.8 Å².